The second kappa shape index (κ2) is 7.59. The highest BCUT2D eigenvalue weighted by Gasteiger charge is 2.53. The number of ether oxygens (including phenoxy) is 1. The molecule has 3 aliphatic rings. The minimum atomic E-state index is -0.452. The molecular weight excluding hydrogens is 346 g/mol. The molecule has 0 spiro atoms. The minimum Gasteiger partial charge on any atom is -0.381 e. The zero-order chi connectivity index (χ0) is 18.9. The van der Waals surface area contributed by atoms with E-state index >= 15 is 0 Å². The Kier molecular flexibility index (Phi) is 5.19. The van der Waals surface area contributed by atoms with E-state index in [4.69, 9.17) is 4.74 Å². The van der Waals surface area contributed by atoms with Gasteiger partial charge in [-0.15, -0.1) is 0 Å². The first kappa shape index (κ1) is 18.4. The van der Waals surface area contributed by atoms with E-state index in [2.05, 4.69) is 20.4 Å². The van der Waals surface area contributed by atoms with Crippen LogP contribution in [-0.4, -0.2) is 82.8 Å². The number of H-pyrrole nitrogens is 1. The summed E-state index contributed by atoms with van der Waals surface area (Å²) < 4.78 is 5.44. The van der Waals surface area contributed by atoms with Crippen LogP contribution in [0.25, 0.3) is 0 Å². The van der Waals surface area contributed by atoms with E-state index in [9.17, 15) is 9.59 Å². The second-order valence-corrected chi connectivity index (χ2v) is 8.02. The highest BCUT2D eigenvalue weighted by Crippen LogP contribution is 2.40. The normalized spacial score (nSPS) is 29.5. The van der Waals surface area contributed by atoms with E-state index in [1.807, 2.05) is 4.90 Å². The van der Waals surface area contributed by atoms with Crippen LogP contribution >= 0.6 is 0 Å². The summed E-state index contributed by atoms with van der Waals surface area (Å²) in [6, 6.07) is -0.00837. The van der Waals surface area contributed by atoms with Gasteiger partial charge in [0.1, 0.15) is 5.54 Å². The maximum atomic E-state index is 13.5. The number of hydrogen-bond acceptors (Lipinski definition) is 5. The van der Waals surface area contributed by atoms with Crippen LogP contribution in [0, 0.1) is 0 Å². The number of carbonyl (C=O) groups excluding carboxylic acids is 2. The second-order valence-electron chi connectivity index (χ2n) is 8.02. The summed E-state index contributed by atoms with van der Waals surface area (Å²) in [5, 5.41) is 9.61. The van der Waals surface area contributed by atoms with Crippen molar-refractivity contribution in [2.45, 2.75) is 56.2 Å². The molecule has 2 amide bonds. The predicted molar refractivity (Wildman–Crippen MR) is 99.2 cm³/mol. The van der Waals surface area contributed by atoms with Gasteiger partial charge in [-0.05, 0) is 45.1 Å². The van der Waals surface area contributed by atoms with Gasteiger partial charge in [-0.25, -0.2) is 0 Å². The molecule has 0 bridgehead atoms. The number of aromatic nitrogens is 2. The fourth-order valence-electron chi connectivity index (χ4n) is 4.99. The Morgan fingerprint density at radius 2 is 2.11 bits per heavy atom. The van der Waals surface area contributed by atoms with Crippen LogP contribution in [0.5, 0.6) is 0 Å². The third kappa shape index (κ3) is 3.48. The van der Waals surface area contributed by atoms with Crippen LogP contribution in [0.3, 0.4) is 0 Å². The molecule has 0 aliphatic carbocycles. The summed E-state index contributed by atoms with van der Waals surface area (Å²) >= 11 is 0. The quantitative estimate of drug-likeness (QED) is 0.811. The van der Waals surface area contributed by atoms with Crippen LogP contribution in [0.4, 0.5) is 0 Å². The van der Waals surface area contributed by atoms with E-state index in [0.29, 0.717) is 12.0 Å². The first-order chi connectivity index (χ1) is 13.1. The van der Waals surface area contributed by atoms with Crippen molar-refractivity contribution in [3.63, 3.8) is 0 Å². The van der Waals surface area contributed by atoms with E-state index in [1.54, 1.807) is 13.3 Å². The number of nitrogens with one attached hydrogen (secondary N) is 2. The van der Waals surface area contributed by atoms with Gasteiger partial charge in [-0.1, -0.05) is 0 Å². The average molecular weight is 375 g/mol. The number of nitrogens with zero attached hydrogens (tertiary/aromatic N) is 3. The number of methoxy groups -OCH3 is 1. The fraction of sp³-hybridized carbons (Fsp3) is 0.737. The van der Waals surface area contributed by atoms with Gasteiger partial charge in [-0.3, -0.25) is 19.6 Å². The molecule has 8 heteroatoms. The Labute approximate surface area is 159 Å². The molecule has 0 unspecified atom stereocenters. The molecule has 2 N–H and O–H groups in total. The van der Waals surface area contributed by atoms with Gasteiger partial charge in [-0.2, -0.15) is 5.10 Å². The average Bonchev–Trinajstić information content (AvgIpc) is 3.35. The molecule has 3 aliphatic heterocycles. The number of carbonyl (C=O) groups is 2. The summed E-state index contributed by atoms with van der Waals surface area (Å²) in [5.41, 5.74) is 0.0776. The number of hydrogen-bond donors (Lipinski definition) is 2. The van der Waals surface area contributed by atoms with Crippen LogP contribution in [-0.2, 0) is 9.53 Å². The standard InChI is InChI=1S/C19H29N5O3/c1-27-16-4-8-23(9-5-16)18(26)19-6-2-3-7-24(19)13-15(10-19)22-17(25)14-11-20-21-12-14/h11-12,15-16H,2-10,13H2,1H3,(H,20,21)(H,22,25)/t15-,19+/m0/s1. The van der Waals surface area contributed by atoms with Crippen LogP contribution in [0.1, 0.15) is 48.9 Å². The van der Waals surface area contributed by atoms with Crippen molar-refractivity contribution < 1.29 is 14.3 Å². The summed E-state index contributed by atoms with van der Waals surface area (Å²) in [5.74, 6) is 0.119. The Balaban J connectivity index is 1.46. The third-order valence-electron chi connectivity index (χ3n) is 6.45. The third-order valence-corrected chi connectivity index (χ3v) is 6.45. The molecule has 148 valence electrons. The number of fused-ring (bicyclic) bond motifs is 1. The first-order valence-corrected chi connectivity index (χ1v) is 9.99. The van der Waals surface area contributed by atoms with Gasteiger partial charge < -0.3 is 15.0 Å². The Hall–Kier alpha value is -1.93. The van der Waals surface area contributed by atoms with Gasteiger partial charge in [0.05, 0.1) is 17.9 Å². The van der Waals surface area contributed by atoms with Crippen molar-refractivity contribution in [2.75, 3.05) is 33.3 Å². The Morgan fingerprint density at radius 3 is 2.81 bits per heavy atom. The smallest absolute Gasteiger partial charge is 0.254 e. The molecule has 2 atom stereocenters. The molecule has 0 radical (unpaired) electrons. The Morgan fingerprint density at radius 1 is 1.30 bits per heavy atom. The number of piperidine rings is 2. The van der Waals surface area contributed by atoms with Crippen molar-refractivity contribution in [1.82, 2.24) is 25.3 Å². The van der Waals surface area contributed by atoms with Gasteiger partial charge >= 0.3 is 0 Å². The molecule has 27 heavy (non-hydrogen) atoms. The lowest BCUT2D eigenvalue weighted by molar-refractivity contribution is -0.147. The van der Waals surface area contributed by atoms with Gasteiger partial charge in [0.15, 0.2) is 0 Å². The minimum absolute atomic E-state index is 0.00837. The SMILES string of the molecule is COC1CCN(C(=O)[C@]23CCCCN2C[C@@H](NC(=O)c2cn[nH]c2)C3)CC1. The molecule has 0 aromatic carbocycles. The highest BCUT2D eigenvalue weighted by atomic mass is 16.5. The lowest BCUT2D eigenvalue weighted by Crippen LogP contribution is -2.59. The zero-order valence-corrected chi connectivity index (χ0v) is 15.9. The highest BCUT2D eigenvalue weighted by molar-refractivity contribution is 5.94. The monoisotopic (exact) mass is 375 g/mol. The zero-order valence-electron chi connectivity index (χ0n) is 15.9. The van der Waals surface area contributed by atoms with Crippen molar-refractivity contribution in [2.24, 2.45) is 0 Å². The molecule has 4 heterocycles. The van der Waals surface area contributed by atoms with E-state index < -0.39 is 5.54 Å². The summed E-state index contributed by atoms with van der Waals surface area (Å²) in [4.78, 5) is 30.3. The maximum absolute atomic E-state index is 13.5. The van der Waals surface area contributed by atoms with Crippen LogP contribution in [0.2, 0.25) is 0 Å². The topological polar surface area (TPSA) is 90.6 Å². The van der Waals surface area contributed by atoms with Crippen molar-refractivity contribution in [3.8, 4) is 0 Å². The molecule has 1 aromatic rings. The molecule has 3 saturated heterocycles. The van der Waals surface area contributed by atoms with E-state index in [-0.39, 0.29) is 24.0 Å². The molecule has 4 rings (SSSR count). The number of aromatic amines is 1. The summed E-state index contributed by atoms with van der Waals surface area (Å²) in [6.45, 7) is 3.19. The molecule has 1 aromatic heterocycles. The summed E-state index contributed by atoms with van der Waals surface area (Å²) in [7, 11) is 1.74. The predicted octanol–water partition coefficient (Wildman–Crippen LogP) is 0.774. The molecule has 3 fully saturated rings. The van der Waals surface area contributed by atoms with Crippen molar-refractivity contribution in [3.05, 3.63) is 18.0 Å². The number of likely N-dealkylation sites (tertiary alicyclic amines) is 1. The molecule has 0 saturated carbocycles. The molecular formula is C19H29N5O3. The van der Waals surface area contributed by atoms with Gasteiger partial charge in [0, 0.05) is 39.0 Å². The van der Waals surface area contributed by atoms with Crippen LogP contribution in [0.15, 0.2) is 12.4 Å². The number of amides is 2. The lowest BCUT2D eigenvalue weighted by atomic mass is 9.83. The molecule has 8 nitrogen and oxygen atoms in total. The Bertz CT molecular complexity index is 671. The van der Waals surface area contributed by atoms with Crippen molar-refractivity contribution in [1.29, 1.82) is 0 Å². The van der Waals surface area contributed by atoms with E-state index in [1.165, 1.54) is 6.20 Å². The lowest BCUT2D eigenvalue weighted by Gasteiger charge is -2.45. The van der Waals surface area contributed by atoms with Gasteiger partial charge in [0.25, 0.3) is 5.91 Å². The van der Waals surface area contributed by atoms with Crippen molar-refractivity contribution >= 4 is 11.8 Å². The van der Waals surface area contributed by atoms with E-state index in [0.717, 1.165) is 58.3 Å². The first-order valence-electron chi connectivity index (χ1n) is 9.99. The maximum Gasteiger partial charge on any atom is 0.254 e. The van der Waals surface area contributed by atoms with Crippen LogP contribution < -0.4 is 5.32 Å². The summed E-state index contributed by atoms with van der Waals surface area (Å²) in [6.07, 6.45) is 8.95. The van der Waals surface area contributed by atoms with Gasteiger partial charge in [0.2, 0.25) is 5.91 Å². The fourth-order valence-corrected chi connectivity index (χ4v) is 4.99. The largest absolute Gasteiger partial charge is 0.381 e. The number of rotatable bonds is 4.